The van der Waals surface area contributed by atoms with Crippen LogP contribution in [0.25, 0.3) is 5.00 Å². The molecule has 1 aromatic carbocycles. The van der Waals surface area contributed by atoms with Crippen LogP contribution in [-0.2, 0) is 31.2 Å². The van der Waals surface area contributed by atoms with E-state index in [1.54, 1.807) is 42.5 Å². The Morgan fingerprint density at radius 2 is 1.82 bits per heavy atom. The Hall–Kier alpha value is -3.04. The zero-order valence-electron chi connectivity index (χ0n) is 18.2. The normalized spacial score (nSPS) is 12.6. The third-order valence-corrected chi connectivity index (χ3v) is 7.55. The van der Waals surface area contributed by atoms with Gasteiger partial charge in [0.15, 0.2) is 6.61 Å². The Balaban J connectivity index is 1.53. The second-order valence-electron chi connectivity index (χ2n) is 7.27. The van der Waals surface area contributed by atoms with Crippen LogP contribution in [0.15, 0.2) is 54.9 Å². The van der Waals surface area contributed by atoms with Gasteiger partial charge in [-0.2, -0.15) is 11.8 Å². The van der Waals surface area contributed by atoms with Crippen molar-refractivity contribution in [1.29, 1.82) is 0 Å². The van der Waals surface area contributed by atoms with Gasteiger partial charge in [-0.25, -0.2) is 4.79 Å². The lowest BCUT2D eigenvalue weighted by molar-refractivity contribution is -0.142. The molecule has 0 bridgehead atoms. The molecular formula is C24H24N2O5S2. The monoisotopic (exact) mass is 484 g/mol. The fourth-order valence-corrected chi connectivity index (χ4v) is 6.06. The van der Waals surface area contributed by atoms with Crippen LogP contribution in [0.3, 0.4) is 0 Å². The SMILES string of the molecule is CCOC(=O)CN(C(=O)COC(=O)c1c(-n2cccc2)sc2c1CCSC2)c1ccccc1. The molecular weight excluding hydrogens is 460 g/mol. The number of thioether (sulfide) groups is 1. The van der Waals surface area contributed by atoms with Crippen LogP contribution in [-0.4, -0.2) is 47.9 Å². The lowest BCUT2D eigenvalue weighted by atomic mass is 10.1. The second kappa shape index (κ2) is 10.7. The second-order valence-corrected chi connectivity index (χ2v) is 9.46. The summed E-state index contributed by atoms with van der Waals surface area (Å²) in [5.74, 6) is 0.252. The maximum Gasteiger partial charge on any atom is 0.341 e. The van der Waals surface area contributed by atoms with E-state index in [2.05, 4.69) is 0 Å². The van der Waals surface area contributed by atoms with Crippen LogP contribution in [0, 0.1) is 0 Å². The molecule has 0 radical (unpaired) electrons. The number of ether oxygens (including phenoxy) is 2. The highest BCUT2D eigenvalue weighted by molar-refractivity contribution is 7.98. The molecule has 9 heteroatoms. The Bertz CT molecular complexity index is 1130. The molecule has 0 N–H and O–H groups in total. The minimum Gasteiger partial charge on any atom is -0.465 e. The Labute approximate surface area is 200 Å². The number of carbonyl (C=O) groups excluding carboxylic acids is 3. The topological polar surface area (TPSA) is 77.8 Å². The van der Waals surface area contributed by atoms with Crippen LogP contribution >= 0.6 is 23.1 Å². The number of para-hydroxylation sites is 1. The average Bonchev–Trinajstić information content (AvgIpc) is 3.49. The van der Waals surface area contributed by atoms with Gasteiger partial charge in [-0.1, -0.05) is 18.2 Å². The highest BCUT2D eigenvalue weighted by Gasteiger charge is 2.29. The highest BCUT2D eigenvalue weighted by atomic mass is 32.2. The molecule has 3 heterocycles. The van der Waals surface area contributed by atoms with Crippen molar-refractivity contribution in [2.24, 2.45) is 0 Å². The molecule has 172 valence electrons. The maximum absolute atomic E-state index is 13.2. The van der Waals surface area contributed by atoms with Gasteiger partial charge >= 0.3 is 11.9 Å². The number of hydrogen-bond acceptors (Lipinski definition) is 7. The molecule has 1 aliphatic heterocycles. The van der Waals surface area contributed by atoms with E-state index in [0.29, 0.717) is 11.3 Å². The van der Waals surface area contributed by atoms with Crippen molar-refractivity contribution in [2.75, 3.05) is 30.4 Å². The zero-order chi connectivity index (χ0) is 23.2. The molecule has 0 saturated heterocycles. The molecule has 0 aliphatic carbocycles. The van der Waals surface area contributed by atoms with Crippen LogP contribution in [0.2, 0.25) is 0 Å². The molecule has 1 amide bonds. The van der Waals surface area contributed by atoms with E-state index in [-0.39, 0.29) is 13.2 Å². The van der Waals surface area contributed by atoms with Crippen molar-refractivity contribution in [1.82, 2.24) is 4.57 Å². The number of hydrogen-bond donors (Lipinski definition) is 0. The van der Waals surface area contributed by atoms with E-state index in [4.69, 9.17) is 9.47 Å². The van der Waals surface area contributed by atoms with Crippen LogP contribution in [0.5, 0.6) is 0 Å². The molecule has 3 aromatic rings. The minimum atomic E-state index is -0.527. The number of aromatic nitrogens is 1. The number of fused-ring (bicyclic) bond motifs is 1. The summed E-state index contributed by atoms with van der Waals surface area (Å²) in [5, 5.41) is 0.802. The lowest BCUT2D eigenvalue weighted by Crippen LogP contribution is -2.39. The van der Waals surface area contributed by atoms with Crippen LogP contribution in [0.4, 0.5) is 5.69 Å². The van der Waals surface area contributed by atoms with Gasteiger partial charge in [0.05, 0.1) is 12.2 Å². The van der Waals surface area contributed by atoms with Crippen molar-refractivity contribution in [3.05, 3.63) is 70.9 Å². The van der Waals surface area contributed by atoms with Gasteiger partial charge in [-0.05, 0) is 48.9 Å². The third kappa shape index (κ3) is 5.31. The molecule has 0 saturated carbocycles. The first-order chi connectivity index (χ1) is 16.1. The molecule has 0 spiro atoms. The number of anilines is 1. The van der Waals surface area contributed by atoms with Crippen molar-refractivity contribution in [2.45, 2.75) is 19.1 Å². The number of benzene rings is 1. The number of nitrogens with zero attached hydrogens (tertiary/aromatic N) is 2. The minimum absolute atomic E-state index is 0.217. The van der Waals surface area contributed by atoms with Crippen LogP contribution in [0.1, 0.15) is 27.7 Å². The van der Waals surface area contributed by atoms with Crippen molar-refractivity contribution in [3.8, 4) is 5.00 Å². The predicted molar refractivity (Wildman–Crippen MR) is 129 cm³/mol. The fourth-order valence-electron chi connectivity index (χ4n) is 3.62. The van der Waals surface area contributed by atoms with E-state index >= 15 is 0 Å². The number of rotatable bonds is 8. The van der Waals surface area contributed by atoms with Crippen molar-refractivity contribution >= 4 is 46.6 Å². The van der Waals surface area contributed by atoms with E-state index in [9.17, 15) is 14.4 Å². The van der Waals surface area contributed by atoms with Gasteiger partial charge < -0.3 is 14.0 Å². The number of amides is 1. The standard InChI is InChI=1S/C24H24N2O5S2/c1-2-30-21(28)14-26(17-8-4-3-5-9-17)20(27)15-31-24(29)22-18-10-13-32-16-19(18)33-23(22)25-11-6-7-12-25/h3-9,11-12H,2,10,13-16H2,1H3. The van der Waals surface area contributed by atoms with E-state index in [1.807, 2.05) is 46.9 Å². The molecule has 0 atom stereocenters. The van der Waals surface area contributed by atoms with Crippen molar-refractivity contribution in [3.63, 3.8) is 0 Å². The van der Waals surface area contributed by atoms with Gasteiger partial charge in [0.1, 0.15) is 11.5 Å². The number of esters is 2. The fraction of sp³-hybridized carbons (Fsp3) is 0.292. The first-order valence-electron chi connectivity index (χ1n) is 10.6. The Morgan fingerprint density at radius 1 is 1.06 bits per heavy atom. The summed E-state index contributed by atoms with van der Waals surface area (Å²) in [6.45, 7) is 1.19. The number of carbonyl (C=O) groups is 3. The van der Waals surface area contributed by atoms with Gasteiger partial charge in [-0.15, -0.1) is 11.3 Å². The van der Waals surface area contributed by atoms with Gasteiger partial charge in [0.2, 0.25) is 0 Å². The summed E-state index contributed by atoms with van der Waals surface area (Å²) in [6.07, 6.45) is 4.57. The van der Waals surface area contributed by atoms with Crippen LogP contribution < -0.4 is 4.90 Å². The summed E-state index contributed by atoms with van der Waals surface area (Å²) in [4.78, 5) is 40.7. The Morgan fingerprint density at radius 3 is 2.55 bits per heavy atom. The summed E-state index contributed by atoms with van der Waals surface area (Å²) in [5.41, 5.74) is 2.06. The Kier molecular flexibility index (Phi) is 7.51. The van der Waals surface area contributed by atoms with Gasteiger partial charge in [-0.3, -0.25) is 14.5 Å². The van der Waals surface area contributed by atoms with E-state index in [0.717, 1.165) is 28.5 Å². The lowest BCUT2D eigenvalue weighted by Gasteiger charge is -2.22. The summed E-state index contributed by atoms with van der Waals surface area (Å²) < 4.78 is 12.4. The quantitative estimate of drug-likeness (QED) is 0.449. The smallest absolute Gasteiger partial charge is 0.341 e. The summed E-state index contributed by atoms with van der Waals surface area (Å²) in [6, 6.07) is 12.6. The zero-order valence-corrected chi connectivity index (χ0v) is 19.8. The van der Waals surface area contributed by atoms with Crippen molar-refractivity contribution < 1.29 is 23.9 Å². The van der Waals surface area contributed by atoms with Gasteiger partial charge in [0.25, 0.3) is 5.91 Å². The molecule has 1 aliphatic rings. The van der Waals surface area contributed by atoms with Gasteiger partial charge in [0, 0.05) is 28.7 Å². The molecule has 33 heavy (non-hydrogen) atoms. The molecule has 0 unspecified atom stereocenters. The van der Waals surface area contributed by atoms with E-state index < -0.39 is 24.5 Å². The largest absolute Gasteiger partial charge is 0.465 e. The first kappa shape index (κ1) is 23.1. The molecule has 2 aromatic heterocycles. The molecule has 4 rings (SSSR count). The summed E-state index contributed by atoms with van der Waals surface area (Å²) in [7, 11) is 0. The summed E-state index contributed by atoms with van der Waals surface area (Å²) >= 11 is 3.43. The average molecular weight is 485 g/mol. The van der Waals surface area contributed by atoms with E-state index in [1.165, 1.54) is 9.78 Å². The first-order valence-corrected chi connectivity index (χ1v) is 12.6. The maximum atomic E-state index is 13.2. The molecule has 7 nitrogen and oxygen atoms in total. The highest BCUT2D eigenvalue weighted by Crippen LogP contribution is 2.38. The third-order valence-electron chi connectivity index (χ3n) is 5.13. The predicted octanol–water partition coefficient (Wildman–Crippen LogP) is 4.08. The number of thiophene rings is 1. The molecule has 0 fully saturated rings.